The van der Waals surface area contributed by atoms with Crippen molar-refractivity contribution in [2.24, 2.45) is 11.8 Å². The molecule has 226 valence electrons. The summed E-state index contributed by atoms with van der Waals surface area (Å²) in [5.41, 5.74) is 1.78. The molecule has 6 nitrogen and oxygen atoms in total. The molecule has 1 aromatic rings. The molecule has 7 heteroatoms. The van der Waals surface area contributed by atoms with Crippen LogP contribution in [0, 0.1) is 11.8 Å². The largest absolute Gasteiger partial charge is 0.491 e. The van der Waals surface area contributed by atoms with E-state index in [1.807, 2.05) is 43.0 Å². The quantitative estimate of drug-likeness (QED) is 0.152. The topological polar surface area (TPSA) is 76.1 Å². The van der Waals surface area contributed by atoms with Crippen molar-refractivity contribution < 1.29 is 24.2 Å². The average molecular weight is 584 g/mol. The Morgan fingerprint density at radius 1 is 1.17 bits per heavy atom. The van der Waals surface area contributed by atoms with Gasteiger partial charge in [-0.1, -0.05) is 38.7 Å². The van der Waals surface area contributed by atoms with Crippen molar-refractivity contribution in [2.45, 2.75) is 110 Å². The van der Waals surface area contributed by atoms with Gasteiger partial charge in [-0.15, -0.1) is 11.3 Å². The van der Waals surface area contributed by atoms with Gasteiger partial charge in [0.1, 0.15) is 10.6 Å². The van der Waals surface area contributed by atoms with Crippen LogP contribution in [0.25, 0.3) is 5.57 Å². The van der Waals surface area contributed by atoms with Gasteiger partial charge in [0, 0.05) is 23.3 Å². The molecular weight excluding hydrogens is 534 g/mol. The van der Waals surface area contributed by atoms with E-state index in [0.29, 0.717) is 35.7 Å². The highest BCUT2D eigenvalue weighted by molar-refractivity contribution is 7.15. The summed E-state index contributed by atoms with van der Waals surface area (Å²) >= 11 is 1.40. The Bertz CT molecular complexity index is 1120. The van der Waals surface area contributed by atoms with Crippen LogP contribution in [0.1, 0.15) is 106 Å². The van der Waals surface area contributed by atoms with Crippen molar-refractivity contribution in [3.63, 3.8) is 0 Å². The Balaban J connectivity index is 1.95. The summed E-state index contributed by atoms with van der Waals surface area (Å²) < 4.78 is 11.3. The number of hydrogen-bond donors (Lipinski definition) is 1. The minimum Gasteiger partial charge on any atom is -0.491 e. The van der Waals surface area contributed by atoms with Gasteiger partial charge in [-0.3, -0.25) is 4.79 Å². The number of rotatable bonds is 12. The van der Waals surface area contributed by atoms with E-state index in [4.69, 9.17) is 9.47 Å². The zero-order chi connectivity index (χ0) is 29.9. The average Bonchev–Trinajstić information content (AvgIpc) is 3.41. The Morgan fingerprint density at radius 3 is 2.44 bits per heavy atom. The number of hydrogen-bond acceptors (Lipinski definition) is 6. The first kappa shape index (κ1) is 32.9. The van der Waals surface area contributed by atoms with Gasteiger partial charge in [-0.2, -0.15) is 0 Å². The molecule has 1 atom stereocenters. The van der Waals surface area contributed by atoms with Crippen molar-refractivity contribution in [2.75, 3.05) is 12.0 Å². The molecule has 41 heavy (non-hydrogen) atoms. The predicted octanol–water partition coefficient (Wildman–Crippen LogP) is 8.23. The van der Waals surface area contributed by atoms with Crippen LogP contribution in [0.3, 0.4) is 0 Å². The summed E-state index contributed by atoms with van der Waals surface area (Å²) in [7, 11) is 1.40. The van der Waals surface area contributed by atoms with E-state index in [1.165, 1.54) is 18.4 Å². The molecule has 2 fully saturated rings. The summed E-state index contributed by atoms with van der Waals surface area (Å²) in [5.74, 6) is 1.09. The van der Waals surface area contributed by atoms with Crippen LogP contribution in [0.4, 0.5) is 5.69 Å². The molecule has 0 aromatic carbocycles. The van der Waals surface area contributed by atoms with E-state index >= 15 is 0 Å². The number of methoxy groups -OCH3 is 1. The highest BCUT2D eigenvalue weighted by Gasteiger charge is 2.37. The van der Waals surface area contributed by atoms with Crippen molar-refractivity contribution in [1.29, 1.82) is 0 Å². The molecule has 0 aliphatic heterocycles. The number of ether oxygens (including phenoxy) is 2. The third-order valence-corrected chi connectivity index (χ3v) is 9.57. The smallest absolute Gasteiger partial charge is 0.350 e. The van der Waals surface area contributed by atoms with Crippen LogP contribution in [-0.4, -0.2) is 42.3 Å². The highest BCUT2D eigenvalue weighted by Crippen LogP contribution is 2.41. The second kappa shape index (κ2) is 16.1. The summed E-state index contributed by atoms with van der Waals surface area (Å²) in [4.78, 5) is 30.6. The normalized spacial score (nSPS) is 24.6. The SMILES string of the molecule is C=C/C=C\C(=C/C)OC(C)C/C=C(\CC)c1cc(N(C(=O)C2CCC(C)CC2)C2CCC(O)CC2)c(C(=O)OC)s1. The molecule has 3 rings (SSSR count). The first-order chi connectivity index (χ1) is 19.7. The number of esters is 1. The lowest BCUT2D eigenvalue weighted by atomic mass is 9.81. The van der Waals surface area contributed by atoms with Crippen LogP contribution >= 0.6 is 11.3 Å². The van der Waals surface area contributed by atoms with Crippen LogP contribution < -0.4 is 4.90 Å². The van der Waals surface area contributed by atoms with Gasteiger partial charge in [0.05, 0.1) is 25.0 Å². The molecule has 1 heterocycles. The fraction of sp³-hybridized carbons (Fsp3) is 0.588. The lowest BCUT2D eigenvalue weighted by molar-refractivity contribution is -0.124. The molecule has 1 aromatic heterocycles. The molecule has 0 spiro atoms. The Labute approximate surface area is 250 Å². The molecule has 1 amide bonds. The number of anilines is 1. The Morgan fingerprint density at radius 2 is 1.85 bits per heavy atom. The first-order valence-corrected chi connectivity index (χ1v) is 16.1. The van der Waals surface area contributed by atoms with Gasteiger partial charge in [0.2, 0.25) is 5.91 Å². The number of aliphatic hydroxyl groups excluding tert-OH is 1. The third-order valence-electron chi connectivity index (χ3n) is 8.39. The number of carbonyl (C=O) groups excluding carboxylic acids is 2. The van der Waals surface area contributed by atoms with E-state index in [-0.39, 0.29) is 30.1 Å². The predicted molar refractivity (Wildman–Crippen MR) is 169 cm³/mol. The number of thiophene rings is 1. The minimum atomic E-state index is -0.416. The van der Waals surface area contributed by atoms with Crippen LogP contribution in [0.5, 0.6) is 0 Å². The second-order valence-electron chi connectivity index (χ2n) is 11.5. The van der Waals surface area contributed by atoms with E-state index in [9.17, 15) is 14.7 Å². The third kappa shape index (κ3) is 8.92. The van der Waals surface area contributed by atoms with Gasteiger partial charge in [-0.05, 0) is 101 Å². The number of aliphatic hydroxyl groups is 1. The van der Waals surface area contributed by atoms with Crippen LogP contribution in [0.2, 0.25) is 0 Å². The molecular formula is C34H49NO5S. The molecule has 1 unspecified atom stereocenters. The molecule has 0 radical (unpaired) electrons. The first-order valence-electron chi connectivity index (χ1n) is 15.3. The minimum absolute atomic E-state index is 0.0398. The second-order valence-corrected chi connectivity index (χ2v) is 12.5. The van der Waals surface area contributed by atoms with Gasteiger partial charge in [0.15, 0.2) is 0 Å². The maximum atomic E-state index is 14.2. The van der Waals surface area contributed by atoms with E-state index < -0.39 is 5.97 Å². The van der Waals surface area contributed by atoms with E-state index in [2.05, 4.69) is 26.5 Å². The van der Waals surface area contributed by atoms with Crippen molar-refractivity contribution in [3.05, 3.63) is 58.5 Å². The summed E-state index contributed by atoms with van der Waals surface area (Å²) in [6.45, 7) is 12.1. The molecule has 2 aliphatic rings. The molecule has 0 saturated heterocycles. The van der Waals surface area contributed by atoms with Crippen molar-refractivity contribution >= 4 is 34.5 Å². The number of amides is 1. The highest BCUT2D eigenvalue weighted by atomic mass is 32.1. The zero-order valence-corrected chi connectivity index (χ0v) is 26.4. The summed E-state index contributed by atoms with van der Waals surface area (Å²) in [6, 6.07) is 1.98. The summed E-state index contributed by atoms with van der Waals surface area (Å²) in [5, 5.41) is 10.2. The summed E-state index contributed by atoms with van der Waals surface area (Å²) in [6.07, 6.45) is 17.3. The van der Waals surface area contributed by atoms with Gasteiger partial charge >= 0.3 is 5.97 Å². The molecule has 2 aliphatic carbocycles. The molecule has 1 N–H and O–H groups in total. The fourth-order valence-corrected chi connectivity index (χ4v) is 7.03. The number of allylic oxidation sites excluding steroid dienone is 5. The van der Waals surface area contributed by atoms with Crippen LogP contribution in [-0.2, 0) is 14.3 Å². The lowest BCUT2D eigenvalue weighted by Crippen LogP contribution is -2.47. The van der Waals surface area contributed by atoms with Gasteiger partial charge < -0.3 is 19.5 Å². The Hall–Kier alpha value is -2.64. The zero-order valence-electron chi connectivity index (χ0n) is 25.6. The number of carbonyl (C=O) groups is 2. The van der Waals surface area contributed by atoms with E-state index in [1.54, 1.807) is 6.08 Å². The fourth-order valence-electron chi connectivity index (χ4n) is 5.85. The standard InChI is InChI=1S/C34H49NO5S/c1-7-10-11-29(9-3)40-24(5)14-17-25(8-2)31-22-30(32(41-31)34(38)39-6)35(27-18-20-28(36)21-19-27)33(37)26-15-12-23(4)13-16-26/h7,9-11,17,22-24,26-28,36H,1,8,12-16,18-21H2,2-6H3/b11-10-,25-17+,29-9+. The van der Waals surface area contributed by atoms with Crippen molar-refractivity contribution in [3.8, 4) is 0 Å². The van der Waals surface area contributed by atoms with Crippen LogP contribution in [0.15, 0.2) is 48.8 Å². The Kier molecular flexibility index (Phi) is 12.9. The monoisotopic (exact) mass is 583 g/mol. The maximum absolute atomic E-state index is 14.2. The molecule has 2 saturated carbocycles. The lowest BCUT2D eigenvalue weighted by Gasteiger charge is -2.38. The molecule has 0 bridgehead atoms. The maximum Gasteiger partial charge on any atom is 0.350 e. The van der Waals surface area contributed by atoms with Gasteiger partial charge in [-0.25, -0.2) is 4.79 Å². The number of nitrogens with zero attached hydrogens (tertiary/aromatic N) is 1. The van der Waals surface area contributed by atoms with Crippen molar-refractivity contribution in [1.82, 2.24) is 0 Å². The van der Waals surface area contributed by atoms with Gasteiger partial charge in [0.25, 0.3) is 0 Å². The van der Waals surface area contributed by atoms with E-state index in [0.717, 1.165) is 61.2 Å².